The van der Waals surface area contributed by atoms with E-state index >= 15 is 0 Å². The number of carbonyl (C=O) groups excluding carboxylic acids is 1. The number of primary amides is 1. The van der Waals surface area contributed by atoms with Gasteiger partial charge >= 0.3 is 0 Å². The lowest BCUT2D eigenvalue weighted by Crippen LogP contribution is -2.14. The van der Waals surface area contributed by atoms with Gasteiger partial charge in [-0.1, -0.05) is 23.2 Å². The molecule has 0 bridgehead atoms. The molecule has 0 spiro atoms. The first kappa shape index (κ1) is 12.7. The van der Waals surface area contributed by atoms with Crippen LogP contribution in [0.15, 0.2) is 36.5 Å². The van der Waals surface area contributed by atoms with Crippen molar-refractivity contribution in [1.29, 1.82) is 0 Å². The molecule has 3 N–H and O–H groups in total. The summed E-state index contributed by atoms with van der Waals surface area (Å²) in [6.07, 6.45) is 1.56. The van der Waals surface area contributed by atoms with E-state index in [9.17, 15) is 4.79 Å². The van der Waals surface area contributed by atoms with Gasteiger partial charge in [0, 0.05) is 21.9 Å². The Hall–Kier alpha value is -1.78. The normalized spacial score (nSPS) is 10.1. The Kier molecular flexibility index (Phi) is 3.69. The Morgan fingerprint density at radius 1 is 1.22 bits per heavy atom. The molecule has 6 heteroatoms. The van der Waals surface area contributed by atoms with Crippen molar-refractivity contribution in [1.82, 2.24) is 4.98 Å². The summed E-state index contributed by atoms with van der Waals surface area (Å²) in [7, 11) is 0. The second kappa shape index (κ2) is 5.25. The fraction of sp³-hybridized carbons (Fsp3) is 0. The predicted molar refractivity (Wildman–Crippen MR) is 72.5 cm³/mol. The molecule has 2 aromatic rings. The standard InChI is InChI=1S/C12H9Cl2N3O/c13-7-4-8(14)6-9(5-7)17-12-10(11(15)18)2-1-3-16-12/h1-6H,(H2,15,18)(H,16,17). The number of rotatable bonds is 3. The van der Waals surface area contributed by atoms with Gasteiger partial charge in [0.05, 0.1) is 5.56 Å². The number of nitrogens with zero attached hydrogens (tertiary/aromatic N) is 1. The molecule has 0 fully saturated rings. The van der Waals surface area contributed by atoms with E-state index in [2.05, 4.69) is 10.3 Å². The maximum Gasteiger partial charge on any atom is 0.252 e. The van der Waals surface area contributed by atoms with E-state index in [1.54, 1.807) is 36.5 Å². The highest BCUT2D eigenvalue weighted by Crippen LogP contribution is 2.25. The van der Waals surface area contributed by atoms with Gasteiger partial charge in [0.1, 0.15) is 5.82 Å². The molecule has 2 rings (SSSR count). The summed E-state index contributed by atoms with van der Waals surface area (Å²) in [5, 5.41) is 3.93. The van der Waals surface area contributed by atoms with Crippen LogP contribution in [0.25, 0.3) is 0 Å². The zero-order valence-electron chi connectivity index (χ0n) is 9.15. The fourth-order valence-corrected chi connectivity index (χ4v) is 1.99. The van der Waals surface area contributed by atoms with Crippen molar-refractivity contribution in [3.63, 3.8) is 0 Å². The molecule has 1 amide bonds. The number of amides is 1. The average molecular weight is 282 g/mol. The Balaban J connectivity index is 2.37. The van der Waals surface area contributed by atoms with Gasteiger partial charge in [-0.05, 0) is 30.3 Å². The van der Waals surface area contributed by atoms with E-state index < -0.39 is 5.91 Å². The number of benzene rings is 1. The summed E-state index contributed by atoms with van der Waals surface area (Å²) < 4.78 is 0. The molecule has 0 aliphatic heterocycles. The molecule has 0 aliphatic rings. The van der Waals surface area contributed by atoms with E-state index in [1.165, 1.54) is 0 Å². The van der Waals surface area contributed by atoms with Crippen LogP contribution in [0.1, 0.15) is 10.4 Å². The monoisotopic (exact) mass is 281 g/mol. The third-order valence-electron chi connectivity index (χ3n) is 2.20. The number of nitrogens with two attached hydrogens (primary N) is 1. The van der Waals surface area contributed by atoms with Crippen molar-refractivity contribution in [3.05, 3.63) is 52.1 Å². The number of aromatic nitrogens is 1. The molecule has 0 saturated carbocycles. The Bertz CT molecular complexity index is 581. The number of hydrogen-bond donors (Lipinski definition) is 2. The molecule has 1 aromatic carbocycles. The number of pyridine rings is 1. The lowest BCUT2D eigenvalue weighted by Gasteiger charge is -2.09. The largest absolute Gasteiger partial charge is 0.365 e. The van der Waals surface area contributed by atoms with E-state index in [-0.39, 0.29) is 0 Å². The highest BCUT2D eigenvalue weighted by Gasteiger charge is 2.09. The number of halogens is 2. The highest BCUT2D eigenvalue weighted by atomic mass is 35.5. The summed E-state index contributed by atoms with van der Waals surface area (Å²) in [6, 6.07) is 8.18. The van der Waals surface area contributed by atoms with Crippen molar-refractivity contribution in [3.8, 4) is 0 Å². The lowest BCUT2D eigenvalue weighted by molar-refractivity contribution is 0.100. The van der Waals surface area contributed by atoms with Gasteiger partial charge in [0.25, 0.3) is 5.91 Å². The molecule has 92 valence electrons. The molecular weight excluding hydrogens is 273 g/mol. The topological polar surface area (TPSA) is 68.0 Å². The first-order valence-electron chi connectivity index (χ1n) is 5.04. The van der Waals surface area contributed by atoms with E-state index in [0.717, 1.165) is 0 Å². The van der Waals surface area contributed by atoms with Crippen LogP contribution in [-0.4, -0.2) is 10.9 Å². The zero-order chi connectivity index (χ0) is 13.1. The predicted octanol–water partition coefficient (Wildman–Crippen LogP) is 3.23. The molecule has 0 atom stereocenters. The van der Waals surface area contributed by atoms with Crippen LogP contribution in [0, 0.1) is 0 Å². The lowest BCUT2D eigenvalue weighted by atomic mass is 10.2. The van der Waals surface area contributed by atoms with Gasteiger partial charge < -0.3 is 11.1 Å². The van der Waals surface area contributed by atoms with Gasteiger partial charge in [-0.25, -0.2) is 4.98 Å². The Labute approximate surface area is 114 Å². The summed E-state index contributed by atoms with van der Waals surface area (Å²) >= 11 is 11.8. The molecule has 4 nitrogen and oxygen atoms in total. The minimum Gasteiger partial charge on any atom is -0.365 e. The SMILES string of the molecule is NC(=O)c1cccnc1Nc1cc(Cl)cc(Cl)c1. The Morgan fingerprint density at radius 2 is 1.89 bits per heavy atom. The fourth-order valence-electron chi connectivity index (χ4n) is 1.47. The van der Waals surface area contributed by atoms with Crippen LogP contribution in [0.4, 0.5) is 11.5 Å². The second-order valence-corrected chi connectivity index (χ2v) is 4.42. The van der Waals surface area contributed by atoms with Gasteiger partial charge in [-0.2, -0.15) is 0 Å². The molecule has 1 aromatic heterocycles. The minimum atomic E-state index is -0.557. The Morgan fingerprint density at radius 3 is 2.50 bits per heavy atom. The maximum atomic E-state index is 11.2. The molecule has 1 heterocycles. The van der Waals surface area contributed by atoms with Crippen molar-refractivity contribution in [2.75, 3.05) is 5.32 Å². The summed E-state index contributed by atoms with van der Waals surface area (Å²) in [5.41, 5.74) is 6.19. The summed E-state index contributed by atoms with van der Waals surface area (Å²) in [4.78, 5) is 15.3. The molecular formula is C12H9Cl2N3O. The van der Waals surface area contributed by atoms with Gasteiger partial charge in [0.15, 0.2) is 0 Å². The summed E-state index contributed by atoms with van der Waals surface area (Å²) in [6.45, 7) is 0. The maximum absolute atomic E-state index is 11.2. The molecule has 0 aliphatic carbocycles. The first-order chi connectivity index (χ1) is 8.56. The van der Waals surface area contributed by atoms with Crippen molar-refractivity contribution >= 4 is 40.6 Å². The number of anilines is 2. The zero-order valence-corrected chi connectivity index (χ0v) is 10.7. The molecule has 0 unspecified atom stereocenters. The number of nitrogens with one attached hydrogen (secondary N) is 1. The van der Waals surface area contributed by atoms with E-state index in [1.807, 2.05) is 0 Å². The van der Waals surface area contributed by atoms with Crippen LogP contribution >= 0.6 is 23.2 Å². The molecule has 18 heavy (non-hydrogen) atoms. The van der Waals surface area contributed by atoms with Crippen molar-refractivity contribution in [2.24, 2.45) is 5.73 Å². The van der Waals surface area contributed by atoms with Crippen molar-refractivity contribution < 1.29 is 4.79 Å². The van der Waals surface area contributed by atoms with E-state index in [4.69, 9.17) is 28.9 Å². The van der Waals surface area contributed by atoms with Crippen LogP contribution in [0.5, 0.6) is 0 Å². The second-order valence-electron chi connectivity index (χ2n) is 3.55. The van der Waals surface area contributed by atoms with Crippen LogP contribution in [0.3, 0.4) is 0 Å². The molecule has 0 radical (unpaired) electrons. The van der Waals surface area contributed by atoms with Crippen molar-refractivity contribution in [2.45, 2.75) is 0 Å². The quantitative estimate of drug-likeness (QED) is 0.908. The summed E-state index contributed by atoms with van der Waals surface area (Å²) in [5.74, 6) is -0.193. The van der Waals surface area contributed by atoms with Crippen LogP contribution in [-0.2, 0) is 0 Å². The third-order valence-corrected chi connectivity index (χ3v) is 2.63. The average Bonchev–Trinajstić information content (AvgIpc) is 2.27. The number of carbonyl (C=O) groups is 1. The van der Waals surface area contributed by atoms with E-state index in [0.29, 0.717) is 27.1 Å². The third kappa shape index (κ3) is 2.91. The van der Waals surface area contributed by atoms with Gasteiger partial charge in [-0.3, -0.25) is 4.79 Å². The van der Waals surface area contributed by atoms with Crippen LogP contribution in [0.2, 0.25) is 10.0 Å². The first-order valence-corrected chi connectivity index (χ1v) is 5.80. The smallest absolute Gasteiger partial charge is 0.252 e. The highest BCUT2D eigenvalue weighted by molar-refractivity contribution is 6.35. The molecule has 0 saturated heterocycles. The van der Waals surface area contributed by atoms with Gasteiger partial charge in [-0.15, -0.1) is 0 Å². The minimum absolute atomic E-state index is 0.300. The van der Waals surface area contributed by atoms with Gasteiger partial charge in [0.2, 0.25) is 0 Å². The van der Waals surface area contributed by atoms with Crippen LogP contribution < -0.4 is 11.1 Å². The number of hydrogen-bond acceptors (Lipinski definition) is 3.